The Balaban J connectivity index is 1.35. The molecule has 1 unspecified atom stereocenters. The molecule has 1 aliphatic heterocycles. The van der Waals surface area contributed by atoms with E-state index in [0.29, 0.717) is 57.5 Å². The van der Waals surface area contributed by atoms with E-state index in [1.807, 2.05) is 0 Å². The highest BCUT2D eigenvalue weighted by Gasteiger charge is 2.33. The van der Waals surface area contributed by atoms with Crippen molar-refractivity contribution in [2.24, 2.45) is 16.5 Å². The van der Waals surface area contributed by atoms with Crippen molar-refractivity contribution in [2.45, 2.75) is 18.9 Å². The first-order valence-electron chi connectivity index (χ1n) is 13.3. The van der Waals surface area contributed by atoms with Crippen LogP contribution in [0.4, 0.5) is 51.2 Å². The maximum absolute atomic E-state index is 14.6. The Kier molecular flexibility index (Phi) is 8.46. The summed E-state index contributed by atoms with van der Waals surface area (Å²) in [5.41, 5.74) is 12.0. The molecule has 5 N–H and O–H groups in total. The SMILES string of the molecule is COc1cc(OC)c(CNc2cc3c(o2)N=CN(c2ccc(N(C(N)=O)c4cc(C(F)(F)F)ccc4F)cc2)C3N)c(OC)c1. The molecule has 236 valence electrons. The van der Waals surface area contributed by atoms with Gasteiger partial charge in [0, 0.05) is 23.9 Å². The third-order valence-electron chi connectivity index (χ3n) is 7.06. The fourth-order valence-electron chi connectivity index (χ4n) is 4.81. The van der Waals surface area contributed by atoms with Crippen molar-refractivity contribution in [2.75, 3.05) is 36.4 Å². The molecule has 2 amide bonds. The summed E-state index contributed by atoms with van der Waals surface area (Å²) in [5, 5.41) is 3.18. The van der Waals surface area contributed by atoms with Gasteiger partial charge in [0.15, 0.2) is 5.88 Å². The number of fused-ring (bicyclic) bond motifs is 1. The number of benzene rings is 3. The van der Waals surface area contributed by atoms with Gasteiger partial charge < -0.3 is 40.3 Å². The van der Waals surface area contributed by atoms with Gasteiger partial charge in [0.1, 0.15) is 35.6 Å². The number of primary amides is 1. The largest absolute Gasteiger partial charge is 0.496 e. The minimum Gasteiger partial charge on any atom is -0.496 e. The molecule has 5 rings (SSSR count). The van der Waals surface area contributed by atoms with Crippen molar-refractivity contribution >= 4 is 41.2 Å². The Labute approximate surface area is 254 Å². The quantitative estimate of drug-likeness (QED) is 0.180. The number of aliphatic imine (C=N–C) groups is 1. The molecule has 0 fully saturated rings. The maximum atomic E-state index is 14.6. The van der Waals surface area contributed by atoms with Crippen LogP contribution in [-0.4, -0.2) is 33.7 Å². The molecule has 0 bridgehead atoms. The van der Waals surface area contributed by atoms with Crippen LogP contribution in [0.3, 0.4) is 0 Å². The summed E-state index contributed by atoms with van der Waals surface area (Å²) < 4.78 is 76.5. The molecule has 1 aromatic heterocycles. The van der Waals surface area contributed by atoms with Crippen molar-refractivity contribution in [3.8, 4) is 17.2 Å². The van der Waals surface area contributed by atoms with E-state index in [9.17, 15) is 22.4 Å². The van der Waals surface area contributed by atoms with Gasteiger partial charge in [-0.05, 0) is 42.5 Å². The molecule has 0 radical (unpaired) electrons. The van der Waals surface area contributed by atoms with Gasteiger partial charge in [-0.15, -0.1) is 0 Å². The van der Waals surface area contributed by atoms with Crippen molar-refractivity contribution in [1.82, 2.24) is 0 Å². The topological polar surface area (TPSA) is 141 Å². The number of nitrogens with one attached hydrogen (secondary N) is 1. The number of ether oxygens (including phenoxy) is 3. The number of nitrogens with zero attached hydrogens (tertiary/aromatic N) is 3. The second-order valence-corrected chi connectivity index (χ2v) is 9.69. The summed E-state index contributed by atoms with van der Waals surface area (Å²) >= 11 is 0. The summed E-state index contributed by atoms with van der Waals surface area (Å²) in [6, 6.07) is 11.6. The first-order chi connectivity index (χ1) is 21.4. The zero-order valence-corrected chi connectivity index (χ0v) is 24.2. The van der Waals surface area contributed by atoms with Gasteiger partial charge in [-0.1, -0.05) is 0 Å². The number of carbonyl (C=O) groups is 1. The van der Waals surface area contributed by atoms with Crippen molar-refractivity contribution < 1.29 is 41.0 Å². The second kappa shape index (κ2) is 12.3. The highest BCUT2D eigenvalue weighted by atomic mass is 19.4. The molecule has 0 saturated heterocycles. The van der Waals surface area contributed by atoms with Crippen LogP contribution in [0, 0.1) is 5.82 Å². The molecule has 15 heteroatoms. The highest BCUT2D eigenvalue weighted by Crippen LogP contribution is 2.40. The van der Waals surface area contributed by atoms with Crippen LogP contribution in [0.25, 0.3) is 0 Å². The molecular weight excluding hydrogens is 600 g/mol. The van der Waals surface area contributed by atoms with Crippen LogP contribution in [0.5, 0.6) is 17.2 Å². The van der Waals surface area contributed by atoms with E-state index in [0.717, 1.165) is 5.56 Å². The van der Waals surface area contributed by atoms with Crippen LogP contribution in [0.1, 0.15) is 22.9 Å². The van der Waals surface area contributed by atoms with Gasteiger partial charge in [-0.25, -0.2) is 14.2 Å². The Bertz CT molecular complexity index is 1720. The molecular formula is C30H28F4N6O5. The Morgan fingerprint density at radius 3 is 2.27 bits per heavy atom. The molecule has 11 nitrogen and oxygen atoms in total. The number of carbonyl (C=O) groups excluding carboxylic acids is 1. The number of nitrogens with two attached hydrogens (primary N) is 2. The number of hydrogen-bond acceptors (Lipinski definition) is 9. The van der Waals surface area contributed by atoms with Crippen LogP contribution in [0.15, 0.2) is 70.1 Å². The average molecular weight is 629 g/mol. The predicted octanol–water partition coefficient (Wildman–Crippen LogP) is 6.43. The van der Waals surface area contributed by atoms with Gasteiger partial charge in [-0.3, -0.25) is 4.90 Å². The maximum Gasteiger partial charge on any atom is 0.416 e. The van der Waals surface area contributed by atoms with Gasteiger partial charge in [-0.2, -0.15) is 13.2 Å². The fraction of sp³-hybridized carbons (Fsp3) is 0.200. The lowest BCUT2D eigenvalue weighted by Crippen LogP contribution is -2.35. The number of alkyl halides is 3. The number of furan rings is 1. The van der Waals surface area contributed by atoms with Crippen LogP contribution in [-0.2, 0) is 12.7 Å². The molecule has 45 heavy (non-hydrogen) atoms. The molecule has 0 aliphatic carbocycles. The normalized spacial score (nSPS) is 14.1. The first kappa shape index (κ1) is 31.0. The number of urea groups is 1. The molecule has 2 heterocycles. The first-order valence-corrected chi connectivity index (χ1v) is 13.3. The zero-order chi connectivity index (χ0) is 32.5. The summed E-state index contributed by atoms with van der Waals surface area (Å²) in [4.78, 5) is 18.9. The third-order valence-corrected chi connectivity index (χ3v) is 7.06. The van der Waals surface area contributed by atoms with Crippen LogP contribution in [0.2, 0.25) is 0 Å². The second-order valence-electron chi connectivity index (χ2n) is 9.69. The number of amides is 2. The van der Waals surface area contributed by atoms with Crippen LogP contribution < -0.4 is 40.8 Å². The average Bonchev–Trinajstić information content (AvgIpc) is 3.44. The summed E-state index contributed by atoms with van der Waals surface area (Å²) in [6.45, 7) is 0.274. The fourth-order valence-corrected chi connectivity index (χ4v) is 4.81. The third kappa shape index (κ3) is 6.15. The minimum absolute atomic E-state index is 0.0341. The Hall–Kier alpha value is -5.44. The molecule has 0 saturated carbocycles. The molecule has 1 atom stereocenters. The molecule has 3 aromatic carbocycles. The molecule has 1 aliphatic rings. The lowest BCUT2D eigenvalue weighted by atomic mass is 10.1. The predicted molar refractivity (Wildman–Crippen MR) is 159 cm³/mol. The number of hydrogen-bond donors (Lipinski definition) is 3. The molecule has 4 aromatic rings. The van der Waals surface area contributed by atoms with E-state index in [1.54, 1.807) is 30.2 Å². The number of rotatable bonds is 9. The van der Waals surface area contributed by atoms with Crippen molar-refractivity contribution in [3.63, 3.8) is 0 Å². The minimum atomic E-state index is -4.75. The van der Waals surface area contributed by atoms with Crippen LogP contribution >= 0.6 is 0 Å². The highest BCUT2D eigenvalue weighted by molar-refractivity contribution is 5.99. The summed E-state index contributed by atoms with van der Waals surface area (Å²) in [7, 11) is 4.61. The Morgan fingerprint density at radius 2 is 1.69 bits per heavy atom. The number of methoxy groups -OCH3 is 3. The van der Waals surface area contributed by atoms with Crippen molar-refractivity contribution in [1.29, 1.82) is 0 Å². The summed E-state index contributed by atoms with van der Waals surface area (Å²) in [6.07, 6.45) is -4.06. The molecule has 0 spiro atoms. The van der Waals surface area contributed by atoms with Gasteiger partial charge in [0.2, 0.25) is 5.88 Å². The smallest absolute Gasteiger partial charge is 0.416 e. The van der Waals surface area contributed by atoms with E-state index >= 15 is 0 Å². The lowest BCUT2D eigenvalue weighted by molar-refractivity contribution is -0.137. The summed E-state index contributed by atoms with van der Waals surface area (Å²) in [5.74, 6) is 1.27. The van der Waals surface area contributed by atoms with E-state index in [4.69, 9.17) is 30.1 Å². The van der Waals surface area contributed by atoms with Gasteiger partial charge >= 0.3 is 12.2 Å². The van der Waals surface area contributed by atoms with Gasteiger partial charge in [0.25, 0.3) is 0 Å². The Morgan fingerprint density at radius 1 is 1.02 bits per heavy atom. The van der Waals surface area contributed by atoms with E-state index in [1.165, 1.54) is 44.8 Å². The zero-order valence-electron chi connectivity index (χ0n) is 24.2. The van der Waals surface area contributed by atoms with E-state index < -0.39 is 35.4 Å². The monoisotopic (exact) mass is 628 g/mol. The van der Waals surface area contributed by atoms with Gasteiger partial charge in [0.05, 0.1) is 55.9 Å². The van der Waals surface area contributed by atoms with E-state index in [2.05, 4.69) is 10.3 Å². The number of halogens is 4. The standard InChI is InChI=1S/C30H28F4N6O5/c1-42-19-11-24(43-2)21(25(12-19)44-3)14-37-26-13-20-27(35)39(15-38-28(20)45-26)17-5-7-18(8-6-17)40(29(36)41)23-10-16(30(32,33)34)4-9-22(23)31/h4-13,15,27,37H,14,35H2,1-3H3,(H2,36,41). The van der Waals surface area contributed by atoms with Crippen molar-refractivity contribution in [3.05, 3.63) is 83.2 Å². The number of anilines is 4. The van der Waals surface area contributed by atoms with E-state index in [-0.39, 0.29) is 18.1 Å². The lowest BCUT2D eigenvalue weighted by Gasteiger charge is -2.29.